The van der Waals surface area contributed by atoms with Gasteiger partial charge in [-0.3, -0.25) is 0 Å². The minimum atomic E-state index is 1.05. The second kappa shape index (κ2) is 3.61. The quantitative estimate of drug-likeness (QED) is 0.573. The third-order valence-electron chi connectivity index (χ3n) is 2.60. The number of fused-ring (bicyclic) bond motifs is 3. The summed E-state index contributed by atoms with van der Waals surface area (Å²) in [5.74, 6) is 11.9. The molecule has 0 heteroatoms. The van der Waals surface area contributed by atoms with Gasteiger partial charge in [-0.15, -0.1) is 0 Å². The summed E-state index contributed by atoms with van der Waals surface area (Å²) in [5.41, 5.74) is 4.42. The van der Waals surface area contributed by atoms with Crippen LogP contribution in [0.25, 0.3) is 11.1 Å². The largest absolute Gasteiger partial charge is 0.0616 e. The van der Waals surface area contributed by atoms with Crippen LogP contribution in [0, 0.1) is 23.7 Å². The lowest BCUT2D eigenvalue weighted by Gasteiger charge is -2.07. The third kappa shape index (κ3) is 1.38. The Labute approximate surface area is 94.9 Å². The van der Waals surface area contributed by atoms with E-state index in [2.05, 4.69) is 35.8 Å². The fraction of sp³-hybridized carbons (Fsp3) is 0. The molecule has 0 bridgehead atoms. The van der Waals surface area contributed by atoms with E-state index in [1.807, 2.05) is 36.4 Å². The highest BCUT2D eigenvalue weighted by Crippen LogP contribution is 2.26. The van der Waals surface area contributed by atoms with Gasteiger partial charge >= 0.3 is 0 Å². The van der Waals surface area contributed by atoms with E-state index < -0.39 is 0 Å². The summed E-state index contributed by atoms with van der Waals surface area (Å²) < 4.78 is 0. The van der Waals surface area contributed by atoms with E-state index in [-0.39, 0.29) is 0 Å². The number of rotatable bonds is 0. The molecule has 2 aromatic rings. The van der Waals surface area contributed by atoms with Crippen LogP contribution >= 0.6 is 0 Å². The van der Waals surface area contributed by atoms with Gasteiger partial charge in [0.2, 0.25) is 0 Å². The van der Waals surface area contributed by atoms with Crippen LogP contribution in [-0.4, -0.2) is 0 Å². The van der Waals surface area contributed by atoms with Gasteiger partial charge in [-0.2, -0.15) is 0 Å². The molecule has 16 heavy (non-hydrogen) atoms. The predicted octanol–water partition coefficient (Wildman–Crippen LogP) is 3.07. The monoisotopic (exact) mass is 200 g/mol. The normalized spacial score (nSPS) is 10.5. The first-order valence-electron chi connectivity index (χ1n) is 5.15. The highest BCUT2D eigenvalue weighted by atomic mass is 14.1. The Morgan fingerprint density at radius 3 is 1.50 bits per heavy atom. The zero-order valence-electron chi connectivity index (χ0n) is 8.62. The first-order valence-corrected chi connectivity index (χ1v) is 5.15. The SMILES string of the molecule is C1#Cc2ccccc2-c2ccccc2C#C1. The Morgan fingerprint density at radius 1 is 0.562 bits per heavy atom. The fourth-order valence-electron chi connectivity index (χ4n) is 1.85. The lowest BCUT2D eigenvalue weighted by atomic mass is 9.95. The van der Waals surface area contributed by atoms with E-state index in [0.29, 0.717) is 0 Å². The summed E-state index contributed by atoms with van der Waals surface area (Å²) in [6.45, 7) is 0. The van der Waals surface area contributed by atoms with Crippen LogP contribution in [0.15, 0.2) is 48.5 Å². The Balaban J connectivity index is 2.39. The number of benzene rings is 2. The zero-order chi connectivity index (χ0) is 10.8. The van der Waals surface area contributed by atoms with Crippen LogP contribution in [-0.2, 0) is 0 Å². The maximum atomic E-state index is 3.08. The van der Waals surface area contributed by atoms with Gasteiger partial charge in [0.05, 0.1) is 0 Å². The van der Waals surface area contributed by atoms with Gasteiger partial charge < -0.3 is 0 Å². The van der Waals surface area contributed by atoms with Crippen molar-refractivity contribution in [3.8, 4) is 34.8 Å². The van der Waals surface area contributed by atoms with E-state index in [0.717, 1.165) is 11.1 Å². The molecule has 0 saturated carbocycles. The van der Waals surface area contributed by atoms with Gasteiger partial charge in [0.1, 0.15) is 0 Å². The topological polar surface area (TPSA) is 0 Å². The molecule has 0 atom stereocenters. The average molecular weight is 200 g/mol. The molecule has 0 saturated heterocycles. The number of hydrogen-bond acceptors (Lipinski definition) is 0. The molecule has 1 aliphatic rings. The van der Waals surface area contributed by atoms with Crippen molar-refractivity contribution in [3.05, 3.63) is 59.7 Å². The first kappa shape index (κ1) is 8.84. The molecule has 0 N–H and O–H groups in total. The second-order valence-corrected chi connectivity index (χ2v) is 3.59. The smallest absolute Gasteiger partial charge is 0.0334 e. The van der Waals surface area contributed by atoms with E-state index in [9.17, 15) is 0 Å². The summed E-state index contributed by atoms with van der Waals surface area (Å²) in [6, 6.07) is 16.3. The minimum absolute atomic E-state index is 1.05. The summed E-state index contributed by atoms with van der Waals surface area (Å²) in [4.78, 5) is 0. The molecule has 0 fully saturated rings. The summed E-state index contributed by atoms with van der Waals surface area (Å²) in [7, 11) is 0. The summed E-state index contributed by atoms with van der Waals surface area (Å²) >= 11 is 0. The van der Waals surface area contributed by atoms with Gasteiger partial charge in [0.15, 0.2) is 0 Å². The zero-order valence-corrected chi connectivity index (χ0v) is 8.62. The van der Waals surface area contributed by atoms with Crippen molar-refractivity contribution in [2.75, 3.05) is 0 Å². The van der Waals surface area contributed by atoms with Crippen LogP contribution < -0.4 is 0 Å². The Kier molecular flexibility index (Phi) is 1.99. The van der Waals surface area contributed by atoms with E-state index in [1.165, 1.54) is 11.1 Å². The molecule has 0 aromatic heterocycles. The highest BCUT2D eigenvalue weighted by molar-refractivity contribution is 5.77. The van der Waals surface area contributed by atoms with E-state index >= 15 is 0 Å². The van der Waals surface area contributed by atoms with Gasteiger partial charge in [-0.1, -0.05) is 48.2 Å². The molecule has 0 heterocycles. The molecule has 0 spiro atoms. The lowest BCUT2D eigenvalue weighted by Crippen LogP contribution is -1.89. The molecule has 0 nitrogen and oxygen atoms in total. The molecule has 72 valence electrons. The van der Waals surface area contributed by atoms with Crippen molar-refractivity contribution >= 4 is 0 Å². The van der Waals surface area contributed by atoms with Crippen molar-refractivity contribution in [1.82, 2.24) is 0 Å². The van der Waals surface area contributed by atoms with Crippen LogP contribution in [0.3, 0.4) is 0 Å². The lowest BCUT2D eigenvalue weighted by molar-refractivity contribution is 1.55. The first-order chi connectivity index (χ1) is 7.95. The summed E-state index contributed by atoms with van der Waals surface area (Å²) in [6.07, 6.45) is 0. The second-order valence-electron chi connectivity index (χ2n) is 3.59. The van der Waals surface area contributed by atoms with Crippen molar-refractivity contribution in [3.63, 3.8) is 0 Å². The number of hydrogen-bond donors (Lipinski definition) is 0. The van der Waals surface area contributed by atoms with Crippen LogP contribution in [0.1, 0.15) is 11.1 Å². The van der Waals surface area contributed by atoms with Gasteiger partial charge in [0.25, 0.3) is 0 Å². The molecule has 0 amide bonds. The molecule has 0 unspecified atom stereocenters. The minimum Gasteiger partial charge on any atom is -0.0616 e. The predicted molar refractivity (Wildman–Crippen MR) is 65.6 cm³/mol. The maximum Gasteiger partial charge on any atom is 0.0334 e. The molecule has 3 rings (SSSR count). The van der Waals surface area contributed by atoms with Crippen molar-refractivity contribution in [1.29, 1.82) is 0 Å². The molecule has 2 aromatic carbocycles. The van der Waals surface area contributed by atoms with Crippen LogP contribution in [0.5, 0.6) is 0 Å². The molecule has 0 aliphatic heterocycles. The van der Waals surface area contributed by atoms with E-state index in [1.54, 1.807) is 0 Å². The van der Waals surface area contributed by atoms with Gasteiger partial charge in [0, 0.05) is 11.1 Å². The summed E-state index contributed by atoms with van der Waals surface area (Å²) in [5, 5.41) is 0. The van der Waals surface area contributed by atoms with Crippen LogP contribution in [0.4, 0.5) is 0 Å². The third-order valence-corrected chi connectivity index (χ3v) is 2.60. The molecular formula is C16H8. The van der Waals surface area contributed by atoms with Crippen molar-refractivity contribution < 1.29 is 0 Å². The van der Waals surface area contributed by atoms with Crippen molar-refractivity contribution in [2.45, 2.75) is 0 Å². The van der Waals surface area contributed by atoms with Crippen molar-refractivity contribution in [2.24, 2.45) is 0 Å². The highest BCUT2D eigenvalue weighted by Gasteiger charge is 2.06. The van der Waals surface area contributed by atoms with E-state index in [4.69, 9.17) is 0 Å². The fourth-order valence-corrected chi connectivity index (χ4v) is 1.85. The Morgan fingerprint density at radius 2 is 1.00 bits per heavy atom. The molecular weight excluding hydrogens is 192 g/mol. The molecule has 1 aliphatic carbocycles. The molecule has 0 radical (unpaired) electrons. The Hall–Kier alpha value is -2.44. The van der Waals surface area contributed by atoms with Gasteiger partial charge in [-0.05, 0) is 35.1 Å². The average Bonchev–Trinajstić information content (AvgIpc) is 2.33. The standard InChI is InChI=1S/C16H8/c1-2-8-14-10-4-6-12-16(14)15-11-5-3-9-13(15)7-1/h3-6,9-12H. The van der Waals surface area contributed by atoms with Crippen LogP contribution in [0.2, 0.25) is 0 Å². The Bertz CT molecular complexity index is 609. The maximum absolute atomic E-state index is 3.08. The van der Waals surface area contributed by atoms with Gasteiger partial charge in [-0.25, -0.2) is 0 Å².